The summed E-state index contributed by atoms with van der Waals surface area (Å²) >= 11 is 0. The van der Waals surface area contributed by atoms with Crippen LogP contribution in [0, 0.1) is 5.92 Å². The fraction of sp³-hybridized carbons (Fsp3) is 0.386. The van der Waals surface area contributed by atoms with Gasteiger partial charge in [-0.2, -0.15) is 0 Å². The highest BCUT2D eigenvalue weighted by molar-refractivity contribution is 5.90. The molecule has 0 aliphatic carbocycles. The molecule has 12 heteroatoms. The maximum Gasteiger partial charge on any atom is 0.323 e. The number of phenols is 1. The van der Waals surface area contributed by atoms with E-state index >= 15 is 0 Å². The van der Waals surface area contributed by atoms with Gasteiger partial charge in [0.15, 0.2) is 5.78 Å². The summed E-state index contributed by atoms with van der Waals surface area (Å²) in [5, 5.41) is 33.0. The van der Waals surface area contributed by atoms with Crippen LogP contribution in [0.2, 0.25) is 0 Å². The summed E-state index contributed by atoms with van der Waals surface area (Å²) in [7, 11) is 4.35. The normalized spacial score (nSPS) is 13.9. The van der Waals surface area contributed by atoms with Gasteiger partial charge >= 0.3 is 11.9 Å². The summed E-state index contributed by atoms with van der Waals surface area (Å²) in [5.41, 5.74) is 3.05. The van der Waals surface area contributed by atoms with Crippen molar-refractivity contribution in [2.75, 3.05) is 21.3 Å². The SMILES string of the molecule is COC(=O)CC[C@@H](NCc1ccc(OC)cc1O)C(=O)[C@H](NCc1ccc(OC)cc1)[C@H](O)[C@H](Cc1ccccc1)N[C@@H](C(=O)OCc1ccccc1)C(C)C. The molecule has 0 saturated heterocycles. The topological polar surface area (TPSA) is 165 Å². The van der Waals surface area contributed by atoms with E-state index in [0.29, 0.717) is 17.1 Å². The molecule has 0 unspecified atom stereocenters. The van der Waals surface area contributed by atoms with Gasteiger partial charge in [0.2, 0.25) is 0 Å². The Hall–Kier alpha value is -5.27. The number of carbonyl (C=O) groups is 3. The van der Waals surface area contributed by atoms with Gasteiger partial charge in [-0.15, -0.1) is 0 Å². The quantitative estimate of drug-likeness (QED) is 0.0651. The minimum atomic E-state index is -1.39. The second kappa shape index (κ2) is 22.3. The van der Waals surface area contributed by atoms with E-state index in [1.807, 2.05) is 86.6 Å². The molecular weight excluding hydrogens is 714 g/mol. The van der Waals surface area contributed by atoms with Gasteiger partial charge in [-0.05, 0) is 53.6 Å². The molecule has 0 amide bonds. The highest BCUT2D eigenvalue weighted by atomic mass is 16.5. The number of esters is 2. The lowest BCUT2D eigenvalue weighted by Gasteiger charge is -2.35. The monoisotopic (exact) mass is 769 g/mol. The van der Waals surface area contributed by atoms with E-state index in [0.717, 1.165) is 16.7 Å². The van der Waals surface area contributed by atoms with Crippen molar-refractivity contribution in [2.24, 2.45) is 5.92 Å². The smallest absolute Gasteiger partial charge is 0.323 e. The number of aliphatic hydroxyl groups is 1. The number of ether oxygens (including phenoxy) is 4. The average molecular weight is 770 g/mol. The molecule has 0 saturated carbocycles. The van der Waals surface area contributed by atoms with Crippen molar-refractivity contribution >= 4 is 17.7 Å². The summed E-state index contributed by atoms with van der Waals surface area (Å²) in [6, 6.07) is 27.2. The lowest BCUT2D eigenvalue weighted by atomic mass is 9.88. The van der Waals surface area contributed by atoms with Gasteiger partial charge in [0, 0.05) is 37.2 Å². The van der Waals surface area contributed by atoms with Crippen LogP contribution in [0.5, 0.6) is 17.2 Å². The lowest BCUT2D eigenvalue weighted by molar-refractivity contribution is -0.149. The van der Waals surface area contributed by atoms with Gasteiger partial charge in [0.05, 0.1) is 39.5 Å². The van der Waals surface area contributed by atoms with Crippen molar-refractivity contribution in [2.45, 2.75) is 83.1 Å². The average Bonchev–Trinajstić information content (AvgIpc) is 3.22. The third kappa shape index (κ3) is 13.2. The number of benzene rings is 4. The number of methoxy groups -OCH3 is 3. The minimum absolute atomic E-state index is 0.0313. The Labute approximate surface area is 329 Å². The Morgan fingerprint density at radius 1 is 0.714 bits per heavy atom. The fourth-order valence-electron chi connectivity index (χ4n) is 6.30. The number of hydrogen-bond acceptors (Lipinski definition) is 12. The summed E-state index contributed by atoms with van der Waals surface area (Å²) in [5.74, 6) is -0.543. The highest BCUT2D eigenvalue weighted by Crippen LogP contribution is 2.24. The second-order valence-electron chi connectivity index (χ2n) is 13.9. The zero-order valence-electron chi connectivity index (χ0n) is 32.8. The Kier molecular flexibility index (Phi) is 17.3. The Morgan fingerprint density at radius 2 is 1.34 bits per heavy atom. The Morgan fingerprint density at radius 3 is 1.93 bits per heavy atom. The number of carbonyl (C=O) groups excluding carboxylic acids is 3. The van der Waals surface area contributed by atoms with E-state index < -0.39 is 48.0 Å². The second-order valence-corrected chi connectivity index (χ2v) is 13.9. The predicted molar refractivity (Wildman–Crippen MR) is 213 cm³/mol. The van der Waals surface area contributed by atoms with Crippen molar-refractivity contribution in [1.82, 2.24) is 16.0 Å². The molecule has 0 bridgehead atoms. The van der Waals surface area contributed by atoms with Gasteiger partial charge < -0.3 is 39.8 Å². The fourth-order valence-corrected chi connectivity index (χ4v) is 6.30. The molecule has 0 aromatic heterocycles. The molecule has 0 radical (unpaired) electrons. The van der Waals surface area contributed by atoms with E-state index in [1.54, 1.807) is 31.4 Å². The third-order valence-electron chi connectivity index (χ3n) is 9.62. The van der Waals surface area contributed by atoms with Crippen molar-refractivity contribution < 1.29 is 43.5 Å². The molecular formula is C44H55N3O9. The largest absolute Gasteiger partial charge is 0.507 e. The van der Waals surface area contributed by atoms with Gasteiger partial charge in [-0.3, -0.25) is 19.7 Å². The molecule has 5 N–H and O–H groups in total. The first-order chi connectivity index (χ1) is 27.0. The molecule has 0 spiro atoms. The molecule has 56 heavy (non-hydrogen) atoms. The molecule has 12 nitrogen and oxygen atoms in total. The highest BCUT2D eigenvalue weighted by Gasteiger charge is 2.39. The minimum Gasteiger partial charge on any atom is -0.507 e. The summed E-state index contributed by atoms with van der Waals surface area (Å²) in [6.07, 6.45) is -1.15. The molecule has 0 aliphatic rings. The maximum absolute atomic E-state index is 14.8. The molecule has 0 fully saturated rings. The molecule has 300 valence electrons. The van der Waals surface area contributed by atoms with Crippen LogP contribution >= 0.6 is 0 Å². The Bertz CT molecular complexity index is 1810. The summed E-state index contributed by atoms with van der Waals surface area (Å²) < 4.78 is 21.2. The van der Waals surface area contributed by atoms with Crippen LogP contribution in [0.25, 0.3) is 0 Å². The lowest BCUT2D eigenvalue weighted by Crippen LogP contribution is -2.61. The molecule has 0 heterocycles. The van der Waals surface area contributed by atoms with Gasteiger partial charge in [0.25, 0.3) is 0 Å². The number of aromatic hydroxyl groups is 1. The number of Topliss-reactive ketones (excluding diaryl/α,β-unsaturated/α-hetero) is 1. The van der Waals surface area contributed by atoms with E-state index in [4.69, 9.17) is 18.9 Å². The van der Waals surface area contributed by atoms with Crippen LogP contribution < -0.4 is 25.4 Å². The van der Waals surface area contributed by atoms with Crippen molar-refractivity contribution in [3.05, 3.63) is 125 Å². The third-order valence-corrected chi connectivity index (χ3v) is 9.62. The number of aliphatic hydroxyl groups excluding tert-OH is 1. The first kappa shape index (κ1) is 43.5. The van der Waals surface area contributed by atoms with E-state index in [-0.39, 0.29) is 50.6 Å². The van der Waals surface area contributed by atoms with Crippen LogP contribution in [-0.4, -0.2) is 79.5 Å². The van der Waals surface area contributed by atoms with Gasteiger partial charge in [-0.1, -0.05) is 92.7 Å². The van der Waals surface area contributed by atoms with Crippen LogP contribution in [-0.2, 0) is 50.0 Å². The predicted octanol–water partition coefficient (Wildman–Crippen LogP) is 4.88. The first-order valence-electron chi connectivity index (χ1n) is 18.8. The van der Waals surface area contributed by atoms with Crippen LogP contribution in [0.3, 0.4) is 0 Å². The van der Waals surface area contributed by atoms with Crippen LogP contribution in [0.4, 0.5) is 0 Å². The summed E-state index contributed by atoms with van der Waals surface area (Å²) in [4.78, 5) is 40.9. The van der Waals surface area contributed by atoms with E-state index in [9.17, 15) is 24.6 Å². The maximum atomic E-state index is 14.8. The van der Waals surface area contributed by atoms with Crippen LogP contribution in [0.1, 0.15) is 48.9 Å². The summed E-state index contributed by atoms with van der Waals surface area (Å²) in [6.45, 7) is 4.13. The first-order valence-corrected chi connectivity index (χ1v) is 18.8. The van der Waals surface area contributed by atoms with Crippen LogP contribution in [0.15, 0.2) is 103 Å². The van der Waals surface area contributed by atoms with E-state index in [2.05, 4.69) is 16.0 Å². The number of rotatable bonds is 23. The standard InChI is InChI=1S/C44H55N3O9/c1-29(2)40(44(52)56-28-32-14-10-7-11-15-32)47-37(24-30-12-8-6-9-13-30)43(51)41(46-26-31-16-19-34(53-3)20-17-31)42(50)36(22-23-39(49)55-5)45-27-33-18-21-35(54-4)25-38(33)48/h6-21,25,29,36-37,40-41,43,45-48,51H,22-24,26-28H2,1-5H3/t36-,37+,40-,41+,43-/m1/s1. The molecule has 4 rings (SSSR count). The van der Waals surface area contributed by atoms with E-state index in [1.165, 1.54) is 20.3 Å². The zero-order chi connectivity index (χ0) is 40.5. The zero-order valence-corrected chi connectivity index (χ0v) is 32.8. The van der Waals surface area contributed by atoms with Gasteiger partial charge in [-0.25, -0.2) is 0 Å². The van der Waals surface area contributed by atoms with Gasteiger partial charge in [0.1, 0.15) is 29.9 Å². The molecule has 5 atom stereocenters. The Balaban J connectivity index is 1.69. The van der Waals surface area contributed by atoms with Crippen molar-refractivity contribution in [1.29, 1.82) is 0 Å². The number of ketones is 1. The number of hydrogen-bond donors (Lipinski definition) is 5. The molecule has 0 aliphatic heterocycles. The molecule has 4 aromatic rings. The van der Waals surface area contributed by atoms with Crippen molar-refractivity contribution in [3.8, 4) is 17.2 Å². The van der Waals surface area contributed by atoms with Crippen molar-refractivity contribution in [3.63, 3.8) is 0 Å². The number of phenolic OH excluding ortho intramolecular Hbond substituents is 1. The number of nitrogens with one attached hydrogen (secondary N) is 3. The molecule has 4 aromatic carbocycles.